The Labute approximate surface area is 282 Å². The van der Waals surface area contributed by atoms with Crippen molar-refractivity contribution in [2.24, 2.45) is 11.8 Å². The van der Waals surface area contributed by atoms with E-state index in [0.29, 0.717) is 24.9 Å². The first-order chi connectivity index (χ1) is 23.2. The molecule has 0 aliphatic carbocycles. The molecule has 1 unspecified atom stereocenters. The molecule has 1 aromatic heterocycles. The summed E-state index contributed by atoms with van der Waals surface area (Å²) in [6.07, 6.45) is 6.71. The van der Waals surface area contributed by atoms with Crippen LogP contribution in [0.4, 0.5) is 10.5 Å². The molecule has 3 aliphatic heterocycles. The van der Waals surface area contributed by atoms with E-state index >= 15 is 0 Å². The number of nitrogens with zero attached hydrogens (tertiary/aromatic N) is 5. The minimum Gasteiger partial charge on any atom is -0.478 e. The second kappa shape index (κ2) is 13.9. The molecule has 48 heavy (non-hydrogen) atoms. The minimum absolute atomic E-state index is 0.0441. The maximum absolute atomic E-state index is 15.0. The van der Waals surface area contributed by atoms with Gasteiger partial charge in [-0.3, -0.25) is 4.79 Å². The van der Waals surface area contributed by atoms with Gasteiger partial charge in [0.15, 0.2) is 5.54 Å². The monoisotopic (exact) mass is 670 g/mol. The molecular weight excluding hydrogens is 628 g/mol. The van der Waals surface area contributed by atoms with Crippen molar-refractivity contribution >= 4 is 27.6 Å². The Balaban J connectivity index is 1.37. The number of ether oxygens (including phenoxy) is 1. The van der Waals surface area contributed by atoms with E-state index < -0.39 is 27.5 Å². The third kappa shape index (κ3) is 6.01. The van der Waals surface area contributed by atoms with Crippen LogP contribution in [-0.2, 0) is 20.4 Å². The second-order valence-corrected chi connectivity index (χ2v) is 14.5. The van der Waals surface area contributed by atoms with Crippen molar-refractivity contribution in [3.8, 4) is 11.9 Å². The van der Waals surface area contributed by atoms with Gasteiger partial charge in [0.25, 0.3) is 15.9 Å². The van der Waals surface area contributed by atoms with Crippen LogP contribution < -0.4 is 14.4 Å². The number of likely N-dealkylation sites (tertiary alicyclic amines) is 2. The number of rotatable bonds is 9. The summed E-state index contributed by atoms with van der Waals surface area (Å²) in [5.41, 5.74) is -1.47. The number of carbonyl (C=O) groups excluding carboxylic acids is 2. The molecule has 6 rings (SSSR count). The van der Waals surface area contributed by atoms with E-state index in [1.54, 1.807) is 42.2 Å². The van der Waals surface area contributed by atoms with Gasteiger partial charge in [-0.15, -0.1) is 0 Å². The largest absolute Gasteiger partial charge is 0.478 e. The molecule has 0 saturated carbocycles. The van der Waals surface area contributed by atoms with Crippen molar-refractivity contribution in [1.82, 2.24) is 20.1 Å². The molecule has 3 amide bonds. The number of pyridine rings is 1. The lowest BCUT2D eigenvalue weighted by Gasteiger charge is -2.41. The summed E-state index contributed by atoms with van der Waals surface area (Å²) in [5.74, 6) is 0.318. The average Bonchev–Trinajstić information content (AvgIpc) is 3.37. The van der Waals surface area contributed by atoms with Crippen molar-refractivity contribution < 1.29 is 22.7 Å². The number of aromatic nitrogens is 1. The van der Waals surface area contributed by atoms with Gasteiger partial charge in [-0.1, -0.05) is 25.1 Å². The van der Waals surface area contributed by atoms with Crippen LogP contribution in [0.5, 0.6) is 5.88 Å². The molecule has 4 heterocycles. The summed E-state index contributed by atoms with van der Waals surface area (Å²) < 4.78 is 35.0. The number of nitrogens with one attached hydrogen (secondary N) is 1. The topological polar surface area (TPSA) is 136 Å². The number of piperidine rings is 2. The van der Waals surface area contributed by atoms with Crippen LogP contribution in [-0.4, -0.2) is 74.5 Å². The highest BCUT2D eigenvalue weighted by molar-refractivity contribution is 7.93. The Hall–Kier alpha value is -4.47. The third-order valence-corrected chi connectivity index (χ3v) is 11.7. The summed E-state index contributed by atoms with van der Waals surface area (Å²) in [6.45, 7) is 8.58. The predicted molar refractivity (Wildman–Crippen MR) is 181 cm³/mol. The van der Waals surface area contributed by atoms with Gasteiger partial charge in [0, 0.05) is 24.8 Å². The number of hydrogen-bond acceptors (Lipinski definition) is 8. The maximum atomic E-state index is 15.0. The zero-order valence-electron chi connectivity index (χ0n) is 27.5. The Morgan fingerprint density at radius 1 is 0.979 bits per heavy atom. The fourth-order valence-electron chi connectivity index (χ4n) is 7.55. The molecule has 3 aromatic rings. The van der Waals surface area contributed by atoms with Gasteiger partial charge in [0.05, 0.1) is 34.4 Å². The second-order valence-electron chi connectivity index (χ2n) is 12.7. The lowest BCUT2D eigenvalue weighted by molar-refractivity contribution is -0.121. The fraction of sp³-hybridized carbons (Fsp3) is 0.444. The Bertz CT molecular complexity index is 1800. The maximum Gasteiger partial charge on any atom is 0.318 e. The molecular formula is C36H42N6O5S. The molecule has 11 nitrogen and oxygen atoms in total. The summed E-state index contributed by atoms with van der Waals surface area (Å²) >= 11 is 0. The number of hydrogen-bond donors (Lipinski definition) is 1. The number of carbonyl (C=O) groups is 2. The zero-order chi connectivity index (χ0) is 33.9. The molecule has 0 radical (unpaired) electrons. The first kappa shape index (κ1) is 33.4. The smallest absolute Gasteiger partial charge is 0.318 e. The predicted octanol–water partition coefficient (Wildman–Crippen LogP) is 4.87. The summed E-state index contributed by atoms with van der Waals surface area (Å²) in [4.78, 5) is 37.8. The SMILES string of the molecule is CCCN1CCC(C2CCN(C(=O)NC3(c4cccnc4OCC)C(=O)N(S(=O)(=O)c4ccccc4)c4ccc(C#N)cc43)CC2)CC1. The number of urea groups is 1. The lowest BCUT2D eigenvalue weighted by Crippen LogP contribution is -2.58. The van der Waals surface area contributed by atoms with E-state index in [4.69, 9.17) is 4.74 Å². The van der Waals surface area contributed by atoms with E-state index in [1.807, 2.05) is 0 Å². The molecule has 2 saturated heterocycles. The first-order valence-corrected chi connectivity index (χ1v) is 18.3. The molecule has 0 bridgehead atoms. The zero-order valence-corrected chi connectivity index (χ0v) is 28.3. The van der Waals surface area contributed by atoms with Gasteiger partial charge in [0.2, 0.25) is 5.88 Å². The quantitative estimate of drug-likeness (QED) is 0.341. The molecule has 12 heteroatoms. The fourth-order valence-corrected chi connectivity index (χ4v) is 9.04. The summed E-state index contributed by atoms with van der Waals surface area (Å²) in [6, 6.07) is 16.8. The molecule has 1 atom stereocenters. The van der Waals surface area contributed by atoms with Crippen LogP contribution in [0.25, 0.3) is 0 Å². The third-order valence-electron chi connectivity index (χ3n) is 9.95. The number of nitriles is 1. The number of sulfonamides is 1. The van der Waals surface area contributed by atoms with E-state index in [2.05, 4.69) is 28.2 Å². The van der Waals surface area contributed by atoms with Gasteiger partial charge in [-0.25, -0.2) is 18.2 Å². The molecule has 252 valence electrons. The summed E-state index contributed by atoms with van der Waals surface area (Å²) in [5, 5.41) is 12.9. The molecule has 0 spiro atoms. The van der Waals surface area contributed by atoms with Gasteiger partial charge >= 0.3 is 6.03 Å². The molecule has 2 fully saturated rings. The first-order valence-electron chi connectivity index (χ1n) is 16.8. The number of anilines is 1. The highest BCUT2D eigenvalue weighted by Crippen LogP contribution is 2.49. The van der Waals surface area contributed by atoms with Crippen molar-refractivity contribution in [1.29, 1.82) is 5.26 Å². The highest BCUT2D eigenvalue weighted by Gasteiger charge is 2.59. The molecule has 2 aromatic carbocycles. The minimum atomic E-state index is -4.44. The lowest BCUT2D eigenvalue weighted by atomic mass is 9.78. The molecule has 1 N–H and O–H groups in total. The van der Waals surface area contributed by atoms with Gasteiger partial charge in [0.1, 0.15) is 0 Å². The molecule has 3 aliphatic rings. The Morgan fingerprint density at radius 3 is 2.31 bits per heavy atom. The highest BCUT2D eigenvalue weighted by atomic mass is 32.2. The average molecular weight is 671 g/mol. The van der Waals surface area contributed by atoms with E-state index in [-0.39, 0.29) is 39.8 Å². The number of fused-ring (bicyclic) bond motifs is 1. The normalized spacial score (nSPS) is 20.7. The number of amides is 3. The van der Waals surface area contributed by atoms with Gasteiger partial charge in [-0.05, 0) is 113 Å². The van der Waals surface area contributed by atoms with Crippen LogP contribution in [0.15, 0.2) is 71.8 Å². The van der Waals surface area contributed by atoms with Crippen molar-refractivity contribution in [2.75, 3.05) is 43.6 Å². The van der Waals surface area contributed by atoms with E-state index in [9.17, 15) is 23.3 Å². The van der Waals surface area contributed by atoms with Crippen LogP contribution in [0.3, 0.4) is 0 Å². The van der Waals surface area contributed by atoms with E-state index in [0.717, 1.165) is 43.2 Å². The van der Waals surface area contributed by atoms with Crippen molar-refractivity contribution in [3.63, 3.8) is 0 Å². The van der Waals surface area contributed by atoms with Crippen LogP contribution in [0.2, 0.25) is 0 Å². The Kier molecular flexibility index (Phi) is 9.71. The van der Waals surface area contributed by atoms with Gasteiger partial charge < -0.3 is 19.9 Å². The van der Waals surface area contributed by atoms with Crippen molar-refractivity contribution in [3.05, 3.63) is 83.6 Å². The van der Waals surface area contributed by atoms with Crippen molar-refractivity contribution in [2.45, 2.75) is 56.4 Å². The van der Waals surface area contributed by atoms with Crippen LogP contribution in [0.1, 0.15) is 62.6 Å². The van der Waals surface area contributed by atoms with Crippen LogP contribution in [0, 0.1) is 23.2 Å². The van der Waals surface area contributed by atoms with Gasteiger partial charge in [-0.2, -0.15) is 9.57 Å². The Morgan fingerprint density at radius 2 is 1.67 bits per heavy atom. The summed E-state index contributed by atoms with van der Waals surface area (Å²) in [7, 11) is -4.44. The van der Waals surface area contributed by atoms with E-state index in [1.165, 1.54) is 49.4 Å². The number of benzene rings is 2. The standard InChI is InChI=1S/C36H42N6O5S/c1-3-19-40-20-14-27(15-21-40)28-16-22-41(23-17-28)35(44)39-36(30-11-8-18-38-33(30)47-4-2)31-24-26(25-37)12-13-32(31)42(34(36)43)48(45,46)29-9-6-5-7-10-29/h5-13,18,24,27-28H,3-4,14-17,19-23H2,1-2H3,(H,39,44). The van der Waals surface area contributed by atoms with Crippen LogP contribution >= 0.6 is 0 Å².